The Morgan fingerprint density at radius 2 is 1.74 bits per heavy atom. The van der Waals surface area contributed by atoms with E-state index in [1.807, 2.05) is 6.07 Å². The number of carbonyl (C=O) groups is 2. The molecule has 1 fully saturated rings. The number of carbonyl (C=O) groups excluding carboxylic acids is 2. The highest BCUT2D eigenvalue weighted by Crippen LogP contribution is 2.37. The van der Waals surface area contributed by atoms with Gasteiger partial charge in [-0.15, -0.1) is 11.8 Å². The van der Waals surface area contributed by atoms with Gasteiger partial charge in [0.05, 0.1) is 6.04 Å². The molecule has 1 atom stereocenters. The van der Waals surface area contributed by atoms with Gasteiger partial charge in [-0.05, 0) is 49.1 Å². The average molecular weight is 385 g/mol. The van der Waals surface area contributed by atoms with E-state index >= 15 is 0 Å². The number of benzene rings is 2. The molecule has 0 saturated heterocycles. The second kappa shape index (κ2) is 7.60. The molecule has 1 saturated carbocycles. The number of amides is 3. The molecule has 0 bridgehead atoms. The fraction of sp³-hybridized carbons (Fsp3) is 0.300. The van der Waals surface area contributed by atoms with E-state index in [-0.39, 0.29) is 29.7 Å². The van der Waals surface area contributed by atoms with Crippen LogP contribution in [0.15, 0.2) is 47.4 Å². The van der Waals surface area contributed by atoms with E-state index in [2.05, 4.69) is 16.0 Å². The van der Waals surface area contributed by atoms with Crippen molar-refractivity contribution in [1.82, 2.24) is 5.32 Å². The molecule has 0 aromatic heterocycles. The van der Waals surface area contributed by atoms with Gasteiger partial charge >= 0.3 is 6.03 Å². The second-order valence-corrected chi connectivity index (χ2v) is 7.90. The maximum atomic E-state index is 14.0. The van der Waals surface area contributed by atoms with Crippen molar-refractivity contribution in [2.75, 3.05) is 16.4 Å². The summed E-state index contributed by atoms with van der Waals surface area (Å²) in [5.41, 5.74) is 2.06. The first-order valence-electron chi connectivity index (χ1n) is 9.00. The fourth-order valence-electron chi connectivity index (χ4n) is 3.13. The Morgan fingerprint density at radius 1 is 1.00 bits per heavy atom. The SMILES string of the molecule is O=C(Nc1cccc(NC(=O)C2CC2)c1)NC1CCSc2c(F)cccc21. The molecule has 3 amide bonds. The molecule has 140 valence electrons. The standard InChI is InChI=1S/C20H20FN3O2S/c21-16-6-2-5-15-17(9-10-27-18(15)16)24-20(26)23-14-4-1-3-13(11-14)22-19(25)12-7-8-12/h1-6,11-12,17H,7-10H2,(H,22,25)(H2,23,24,26). The van der Waals surface area contributed by atoms with Crippen molar-refractivity contribution in [3.8, 4) is 0 Å². The van der Waals surface area contributed by atoms with E-state index in [0.717, 1.165) is 30.6 Å². The van der Waals surface area contributed by atoms with Crippen LogP contribution in [0.25, 0.3) is 0 Å². The highest BCUT2D eigenvalue weighted by Gasteiger charge is 2.29. The predicted octanol–water partition coefficient (Wildman–Crippen LogP) is 4.53. The Kier molecular flexibility index (Phi) is 5.03. The van der Waals surface area contributed by atoms with Gasteiger partial charge in [0.25, 0.3) is 0 Å². The molecule has 0 spiro atoms. The molecule has 7 heteroatoms. The average Bonchev–Trinajstić information content (AvgIpc) is 3.48. The molecule has 4 rings (SSSR count). The molecule has 2 aliphatic rings. The fourth-order valence-corrected chi connectivity index (χ4v) is 4.27. The van der Waals surface area contributed by atoms with Crippen LogP contribution in [0.3, 0.4) is 0 Å². The van der Waals surface area contributed by atoms with Crippen LogP contribution in [-0.2, 0) is 4.79 Å². The molecule has 2 aromatic rings. The number of thioether (sulfide) groups is 1. The molecule has 27 heavy (non-hydrogen) atoms. The zero-order valence-electron chi connectivity index (χ0n) is 14.6. The molecule has 3 N–H and O–H groups in total. The summed E-state index contributed by atoms with van der Waals surface area (Å²) in [5.74, 6) is 0.648. The molecular formula is C20H20FN3O2S. The van der Waals surface area contributed by atoms with Crippen molar-refractivity contribution in [3.05, 3.63) is 53.8 Å². The van der Waals surface area contributed by atoms with Gasteiger partial charge in [0.1, 0.15) is 5.82 Å². The van der Waals surface area contributed by atoms with Crippen molar-refractivity contribution in [3.63, 3.8) is 0 Å². The lowest BCUT2D eigenvalue weighted by atomic mass is 10.0. The Balaban J connectivity index is 1.40. The summed E-state index contributed by atoms with van der Waals surface area (Å²) in [6, 6.07) is 11.4. The maximum absolute atomic E-state index is 14.0. The summed E-state index contributed by atoms with van der Waals surface area (Å²) >= 11 is 1.48. The third kappa shape index (κ3) is 4.24. The Morgan fingerprint density at radius 3 is 2.52 bits per heavy atom. The summed E-state index contributed by atoms with van der Waals surface area (Å²) in [6.07, 6.45) is 2.62. The number of hydrogen-bond acceptors (Lipinski definition) is 3. The second-order valence-electron chi connectivity index (χ2n) is 6.79. The van der Waals surface area contributed by atoms with Gasteiger partial charge in [0.15, 0.2) is 0 Å². The van der Waals surface area contributed by atoms with Gasteiger partial charge in [-0.3, -0.25) is 4.79 Å². The molecule has 0 radical (unpaired) electrons. The zero-order valence-corrected chi connectivity index (χ0v) is 15.4. The number of hydrogen-bond donors (Lipinski definition) is 3. The van der Waals surface area contributed by atoms with Crippen molar-refractivity contribution in [2.24, 2.45) is 5.92 Å². The van der Waals surface area contributed by atoms with Gasteiger partial charge in [-0.2, -0.15) is 0 Å². The van der Waals surface area contributed by atoms with Crippen LogP contribution in [0.4, 0.5) is 20.6 Å². The molecule has 1 aliphatic heterocycles. The van der Waals surface area contributed by atoms with E-state index in [1.54, 1.807) is 30.3 Å². The molecular weight excluding hydrogens is 365 g/mol. The van der Waals surface area contributed by atoms with Crippen LogP contribution in [-0.4, -0.2) is 17.7 Å². The van der Waals surface area contributed by atoms with Crippen molar-refractivity contribution in [2.45, 2.75) is 30.2 Å². The number of halogens is 1. The highest BCUT2D eigenvalue weighted by atomic mass is 32.2. The molecule has 1 heterocycles. The van der Waals surface area contributed by atoms with Crippen molar-refractivity contribution >= 4 is 35.1 Å². The number of anilines is 2. The van der Waals surface area contributed by atoms with E-state index in [4.69, 9.17) is 0 Å². The minimum absolute atomic E-state index is 0.0231. The van der Waals surface area contributed by atoms with Crippen LogP contribution in [0, 0.1) is 11.7 Å². The minimum Gasteiger partial charge on any atom is -0.331 e. The summed E-state index contributed by atoms with van der Waals surface area (Å²) in [5, 5.41) is 8.58. The zero-order chi connectivity index (χ0) is 18.8. The lowest BCUT2D eigenvalue weighted by Gasteiger charge is -2.26. The van der Waals surface area contributed by atoms with Crippen LogP contribution in [0.2, 0.25) is 0 Å². The molecule has 2 aromatic carbocycles. The third-order valence-electron chi connectivity index (χ3n) is 4.67. The maximum Gasteiger partial charge on any atom is 0.319 e. The number of nitrogens with one attached hydrogen (secondary N) is 3. The first-order valence-corrected chi connectivity index (χ1v) is 9.98. The van der Waals surface area contributed by atoms with Gasteiger partial charge in [0, 0.05) is 27.9 Å². The molecule has 1 unspecified atom stereocenters. The van der Waals surface area contributed by atoms with E-state index < -0.39 is 0 Å². The Hall–Kier alpha value is -2.54. The largest absolute Gasteiger partial charge is 0.331 e. The van der Waals surface area contributed by atoms with Crippen LogP contribution in [0.1, 0.15) is 30.9 Å². The van der Waals surface area contributed by atoms with Gasteiger partial charge in [0.2, 0.25) is 5.91 Å². The first kappa shape index (κ1) is 17.9. The normalized spacial score (nSPS) is 18.3. The van der Waals surface area contributed by atoms with E-state index in [9.17, 15) is 14.0 Å². The lowest BCUT2D eigenvalue weighted by molar-refractivity contribution is -0.117. The Labute approximate surface area is 161 Å². The van der Waals surface area contributed by atoms with E-state index in [1.165, 1.54) is 17.8 Å². The minimum atomic E-state index is -0.354. The van der Waals surface area contributed by atoms with Gasteiger partial charge < -0.3 is 16.0 Å². The topological polar surface area (TPSA) is 70.2 Å². The third-order valence-corrected chi connectivity index (χ3v) is 5.83. The summed E-state index contributed by atoms with van der Waals surface area (Å²) in [4.78, 5) is 24.9. The highest BCUT2D eigenvalue weighted by molar-refractivity contribution is 7.99. The first-order chi connectivity index (χ1) is 13.1. The Bertz CT molecular complexity index is 885. The number of fused-ring (bicyclic) bond motifs is 1. The summed E-state index contributed by atoms with van der Waals surface area (Å²) in [7, 11) is 0. The number of rotatable bonds is 4. The van der Waals surface area contributed by atoms with Crippen LogP contribution >= 0.6 is 11.8 Å². The molecule has 1 aliphatic carbocycles. The van der Waals surface area contributed by atoms with Crippen LogP contribution in [0.5, 0.6) is 0 Å². The smallest absolute Gasteiger partial charge is 0.319 e. The summed E-state index contributed by atoms with van der Waals surface area (Å²) < 4.78 is 14.0. The quantitative estimate of drug-likeness (QED) is 0.724. The summed E-state index contributed by atoms with van der Waals surface area (Å²) in [6.45, 7) is 0. The van der Waals surface area contributed by atoms with Gasteiger partial charge in [-0.1, -0.05) is 18.2 Å². The van der Waals surface area contributed by atoms with E-state index in [0.29, 0.717) is 16.3 Å². The number of urea groups is 1. The van der Waals surface area contributed by atoms with Gasteiger partial charge in [-0.25, -0.2) is 9.18 Å². The van der Waals surface area contributed by atoms with Crippen molar-refractivity contribution < 1.29 is 14.0 Å². The lowest BCUT2D eigenvalue weighted by Crippen LogP contribution is -2.34. The molecule has 5 nitrogen and oxygen atoms in total. The van der Waals surface area contributed by atoms with Crippen molar-refractivity contribution in [1.29, 1.82) is 0 Å². The van der Waals surface area contributed by atoms with Crippen LogP contribution < -0.4 is 16.0 Å². The monoisotopic (exact) mass is 385 g/mol. The predicted molar refractivity (Wildman–Crippen MR) is 104 cm³/mol.